The number of H-pyrrole nitrogens is 1. The number of aromatic nitrogens is 2. The van der Waals surface area contributed by atoms with Crippen LogP contribution in [0.5, 0.6) is 5.75 Å². The van der Waals surface area contributed by atoms with Gasteiger partial charge in [-0.2, -0.15) is 0 Å². The number of hydrogen-bond donors (Lipinski definition) is 1. The molecule has 0 unspecified atom stereocenters. The van der Waals surface area contributed by atoms with Gasteiger partial charge in [0.25, 0.3) is 5.56 Å². The van der Waals surface area contributed by atoms with E-state index in [9.17, 15) is 14.2 Å². The molecule has 9 nitrogen and oxygen atoms in total. The van der Waals surface area contributed by atoms with Crippen LogP contribution in [0.15, 0.2) is 64.3 Å². The van der Waals surface area contributed by atoms with Crippen LogP contribution in [0.25, 0.3) is 0 Å². The predicted octanol–water partition coefficient (Wildman–Crippen LogP) is 5.75. The van der Waals surface area contributed by atoms with Crippen molar-refractivity contribution in [1.82, 2.24) is 9.55 Å². The first-order valence-electron chi connectivity index (χ1n) is 13.8. The fourth-order valence-electron chi connectivity index (χ4n) is 4.39. The average Bonchev–Trinajstić information content (AvgIpc) is 3.28. The van der Waals surface area contributed by atoms with E-state index in [4.69, 9.17) is 18.2 Å². The van der Waals surface area contributed by atoms with Crippen molar-refractivity contribution in [1.29, 1.82) is 0 Å². The molecule has 1 N–H and O–H groups in total. The van der Waals surface area contributed by atoms with Crippen molar-refractivity contribution in [2.75, 3.05) is 6.61 Å². The van der Waals surface area contributed by atoms with Gasteiger partial charge >= 0.3 is 13.3 Å². The van der Waals surface area contributed by atoms with Gasteiger partial charge in [0, 0.05) is 18.2 Å². The number of rotatable bonds is 9. The lowest BCUT2D eigenvalue weighted by atomic mass is 10.1. The van der Waals surface area contributed by atoms with E-state index in [0.717, 1.165) is 11.1 Å². The monoisotopic (exact) mass is 600 g/mol. The molecule has 11 heteroatoms. The number of nitrogens with one attached hydrogen (secondary N) is 1. The zero-order chi connectivity index (χ0) is 30.2. The van der Waals surface area contributed by atoms with Crippen molar-refractivity contribution in [3.05, 3.63) is 92.3 Å². The molecule has 222 valence electrons. The van der Waals surface area contributed by atoms with Gasteiger partial charge in [-0.25, -0.2) is 9.36 Å². The molecule has 0 radical (unpaired) electrons. The second-order valence-corrected chi connectivity index (χ2v) is 19.0. The maximum absolute atomic E-state index is 14.6. The molecule has 1 aromatic heterocycles. The molecule has 41 heavy (non-hydrogen) atoms. The largest absolute Gasteiger partial charge is 0.421 e. The summed E-state index contributed by atoms with van der Waals surface area (Å²) in [4.78, 5) is 27.1. The molecule has 0 saturated carbocycles. The van der Waals surface area contributed by atoms with E-state index >= 15 is 0 Å². The van der Waals surface area contributed by atoms with Crippen molar-refractivity contribution in [2.45, 2.75) is 84.5 Å². The molecular formula is C30H41N2O7PSi. The Balaban J connectivity index is 1.71. The molecule has 0 bridgehead atoms. The summed E-state index contributed by atoms with van der Waals surface area (Å²) in [5.41, 5.74) is 1.22. The summed E-state index contributed by atoms with van der Waals surface area (Å²) < 4.78 is 41.5. The van der Waals surface area contributed by atoms with Crippen LogP contribution < -0.4 is 21.1 Å². The minimum atomic E-state index is -3.94. The Morgan fingerprint density at radius 2 is 1.73 bits per heavy atom. The van der Waals surface area contributed by atoms with Crippen LogP contribution in [-0.4, -0.2) is 36.7 Å². The third-order valence-corrected chi connectivity index (χ3v) is 14.4. The van der Waals surface area contributed by atoms with Gasteiger partial charge in [-0.15, -0.1) is 0 Å². The number of nitrogens with zero attached hydrogens (tertiary/aromatic N) is 1. The van der Waals surface area contributed by atoms with Crippen LogP contribution in [0.1, 0.15) is 50.1 Å². The van der Waals surface area contributed by atoms with E-state index in [2.05, 4.69) is 38.8 Å². The standard InChI is InChI=1S/C30H41N2O7PSi/c1-20-14-15-24(21(2)16-20)38-40(35,23-12-10-9-11-13-23)39-25-17-27(32-18-22(3)28(33)31-29(32)34)37-26(25)19-36-41(7,8)30(4,5)6/h9-16,18,25-27H,17,19H2,1-8H3,(H,31,33,34)/t25-,26+,27+,40-/m0/s1. The highest BCUT2D eigenvalue weighted by molar-refractivity contribution is 7.62. The van der Waals surface area contributed by atoms with Gasteiger partial charge in [-0.1, -0.05) is 56.7 Å². The molecule has 2 heterocycles. The smallest absolute Gasteiger partial charge is 0.411 e. The zero-order valence-electron chi connectivity index (χ0n) is 25.1. The maximum Gasteiger partial charge on any atom is 0.411 e. The van der Waals surface area contributed by atoms with Crippen LogP contribution in [0, 0.1) is 20.8 Å². The molecule has 4 atom stereocenters. The first kappa shape index (κ1) is 31.2. The topological polar surface area (TPSA) is 109 Å². The van der Waals surface area contributed by atoms with Crippen LogP contribution in [0.3, 0.4) is 0 Å². The fourth-order valence-corrected chi connectivity index (χ4v) is 7.26. The minimum Gasteiger partial charge on any atom is -0.421 e. The lowest BCUT2D eigenvalue weighted by Gasteiger charge is -2.37. The Kier molecular flexibility index (Phi) is 9.02. The van der Waals surface area contributed by atoms with Gasteiger partial charge in [0.1, 0.15) is 24.2 Å². The van der Waals surface area contributed by atoms with Crippen molar-refractivity contribution in [3.63, 3.8) is 0 Å². The average molecular weight is 601 g/mol. The molecule has 1 aliphatic rings. The molecule has 3 aromatic rings. The van der Waals surface area contributed by atoms with E-state index in [1.165, 1.54) is 10.8 Å². The second-order valence-electron chi connectivity index (χ2n) is 12.3. The fraction of sp³-hybridized carbons (Fsp3) is 0.467. The highest BCUT2D eigenvalue weighted by Crippen LogP contribution is 2.52. The van der Waals surface area contributed by atoms with E-state index in [1.807, 2.05) is 32.0 Å². The molecule has 0 amide bonds. The van der Waals surface area contributed by atoms with Gasteiger partial charge in [0.15, 0.2) is 8.32 Å². The van der Waals surface area contributed by atoms with E-state index < -0.39 is 45.6 Å². The Morgan fingerprint density at radius 3 is 2.37 bits per heavy atom. The van der Waals surface area contributed by atoms with Crippen molar-refractivity contribution >= 4 is 21.2 Å². The summed E-state index contributed by atoms with van der Waals surface area (Å²) in [5, 5.41) is 0.365. The van der Waals surface area contributed by atoms with Gasteiger partial charge in [-0.05, 0) is 62.7 Å². The van der Waals surface area contributed by atoms with E-state index in [-0.39, 0.29) is 18.1 Å². The summed E-state index contributed by atoms with van der Waals surface area (Å²) in [6.45, 7) is 16.4. The van der Waals surface area contributed by atoms with Crippen LogP contribution in [0.4, 0.5) is 0 Å². The quantitative estimate of drug-likeness (QED) is 0.246. The molecular weight excluding hydrogens is 559 g/mol. The van der Waals surface area contributed by atoms with Gasteiger partial charge in [0.05, 0.1) is 11.9 Å². The number of aromatic amines is 1. The molecule has 0 spiro atoms. The Morgan fingerprint density at radius 1 is 1.05 bits per heavy atom. The van der Waals surface area contributed by atoms with Gasteiger partial charge in [-0.3, -0.25) is 18.9 Å². The summed E-state index contributed by atoms with van der Waals surface area (Å²) in [6.07, 6.45) is -0.470. The molecule has 1 saturated heterocycles. The lowest BCUT2D eigenvalue weighted by Crippen LogP contribution is -2.44. The van der Waals surface area contributed by atoms with Gasteiger partial charge in [0.2, 0.25) is 0 Å². The van der Waals surface area contributed by atoms with Crippen molar-refractivity contribution < 1.29 is 22.8 Å². The molecule has 1 aliphatic heterocycles. The van der Waals surface area contributed by atoms with Crippen LogP contribution >= 0.6 is 7.60 Å². The molecule has 2 aromatic carbocycles. The number of ether oxygens (including phenoxy) is 1. The second kappa shape index (κ2) is 11.9. The summed E-state index contributed by atoms with van der Waals surface area (Å²) in [7, 11) is -6.11. The molecule has 1 fully saturated rings. The van der Waals surface area contributed by atoms with Gasteiger partial charge < -0.3 is 13.7 Å². The first-order valence-corrected chi connectivity index (χ1v) is 18.3. The number of aryl methyl sites for hydroxylation is 3. The summed E-state index contributed by atoms with van der Waals surface area (Å²) in [6, 6.07) is 14.5. The van der Waals surface area contributed by atoms with E-state index in [0.29, 0.717) is 16.6 Å². The first-order chi connectivity index (χ1) is 19.1. The molecule has 0 aliphatic carbocycles. The molecule has 4 rings (SSSR count). The number of hydrogen-bond acceptors (Lipinski definition) is 7. The predicted molar refractivity (Wildman–Crippen MR) is 163 cm³/mol. The lowest BCUT2D eigenvalue weighted by molar-refractivity contribution is -0.0401. The third kappa shape index (κ3) is 7.01. The highest BCUT2D eigenvalue weighted by atomic mass is 31.2. The summed E-state index contributed by atoms with van der Waals surface area (Å²) >= 11 is 0. The summed E-state index contributed by atoms with van der Waals surface area (Å²) in [5.74, 6) is 0.458. The van der Waals surface area contributed by atoms with Crippen LogP contribution in [0.2, 0.25) is 18.1 Å². The van der Waals surface area contributed by atoms with Crippen LogP contribution in [-0.2, 0) is 18.3 Å². The SMILES string of the molecule is Cc1ccc(O[P@](=O)(O[C@H]2C[C@H](n3cc(C)c(=O)[nH]c3=O)O[C@@H]2CO[Si](C)(C)C(C)(C)C)c2ccccc2)c(C)c1. The van der Waals surface area contributed by atoms with Crippen molar-refractivity contribution in [2.24, 2.45) is 0 Å². The zero-order valence-corrected chi connectivity index (χ0v) is 27.0. The van der Waals surface area contributed by atoms with Crippen molar-refractivity contribution in [3.8, 4) is 5.75 Å². The minimum absolute atomic E-state index is 0.0419. The number of benzene rings is 2. The maximum atomic E-state index is 14.6. The normalized spacial score (nSPS) is 21.0. The Labute approximate surface area is 242 Å². The van der Waals surface area contributed by atoms with E-state index in [1.54, 1.807) is 37.3 Å². The Hall–Kier alpha value is -2.75. The highest BCUT2D eigenvalue weighted by Gasteiger charge is 2.46. The Bertz CT molecular complexity index is 1540. The third-order valence-electron chi connectivity index (χ3n) is 7.95.